The minimum Gasteiger partial charge on any atom is -0.368 e. The molecule has 154 valence electrons. The van der Waals surface area contributed by atoms with Crippen LogP contribution < -0.4 is 4.90 Å². The lowest BCUT2D eigenvalue weighted by Gasteiger charge is -2.37. The van der Waals surface area contributed by atoms with E-state index in [0.717, 1.165) is 13.1 Å². The molecule has 0 aliphatic carbocycles. The van der Waals surface area contributed by atoms with Crippen LogP contribution in [0.4, 0.5) is 10.1 Å². The van der Waals surface area contributed by atoms with Crippen LogP contribution in [0, 0.1) is 12.7 Å². The van der Waals surface area contributed by atoms with Crippen molar-refractivity contribution in [2.45, 2.75) is 20.3 Å². The van der Waals surface area contributed by atoms with Gasteiger partial charge in [0.1, 0.15) is 5.82 Å². The summed E-state index contributed by atoms with van der Waals surface area (Å²) in [5.74, 6) is -0.514. The molecule has 0 saturated carbocycles. The van der Waals surface area contributed by atoms with Crippen molar-refractivity contribution in [3.8, 4) is 0 Å². The van der Waals surface area contributed by atoms with E-state index in [-0.39, 0.29) is 24.2 Å². The normalized spacial score (nSPS) is 14.0. The van der Waals surface area contributed by atoms with Crippen LogP contribution >= 0.6 is 0 Å². The average molecular weight is 397 g/mol. The smallest absolute Gasteiger partial charge is 0.242 e. The monoisotopic (exact) mass is 397 g/mol. The van der Waals surface area contributed by atoms with E-state index in [0.29, 0.717) is 31.6 Å². The molecule has 0 spiro atoms. The molecule has 29 heavy (non-hydrogen) atoms. The Balaban J connectivity index is 1.53. The number of carbonyl (C=O) groups excluding carboxylic acids is 2. The van der Waals surface area contributed by atoms with Crippen LogP contribution in [0.15, 0.2) is 48.5 Å². The van der Waals surface area contributed by atoms with Gasteiger partial charge in [0.05, 0.1) is 6.54 Å². The molecule has 5 nitrogen and oxygen atoms in total. The van der Waals surface area contributed by atoms with Crippen LogP contribution in [0.1, 0.15) is 18.1 Å². The van der Waals surface area contributed by atoms with E-state index in [1.807, 2.05) is 11.0 Å². The van der Waals surface area contributed by atoms with Gasteiger partial charge in [0.2, 0.25) is 11.8 Å². The third kappa shape index (κ3) is 5.56. The third-order valence-electron chi connectivity index (χ3n) is 5.38. The Kier molecular flexibility index (Phi) is 6.86. The van der Waals surface area contributed by atoms with Gasteiger partial charge in [-0.3, -0.25) is 9.59 Å². The lowest BCUT2D eigenvalue weighted by atomic mass is 10.1. The molecule has 1 aliphatic rings. The van der Waals surface area contributed by atoms with E-state index >= 15 is 0 Å². The molecule has 1 saturated heterocycles. The van der Waals surface area contributed by atoms with Crippen LogP contribution in [0.25, 0.3) is 0 Å². The second kappa shape index (κ2) is 9.54. The van der Waals surface area contributed by atoms with E-state index in [4.69, 9.17) is 0 Å². The maximum atomic E-state index is 13.8. The molecule has 0 N–H and O–H groups in total. The fourth-order valence-electron chi connectivity index (χ4n) is 3.61. The summed E-state index contributed by atoms with van der Waals surface area (Å²) in [6.07, 6.45) is 0.390. The van der Waals surface area contributed by atoms with E-state index in [9.17, 15) is 14.0 Å². The summed E-state index contributed by atoms with van der Waals surface area (Å²) >= 11 is 0. The van der Waals surface area contributed by atoms with Crippen LogP contribution in [0.2, 0.25) is 0 Å². The molecule has 0 atom stereocenters. The quantitative estimate of drug-likeness (QED) is 0.753. The van der Waals surface area contributed by atoms with E-state index in [1.165, 1.54) is 29.1 Å². The van der Waals surface area contributed by atoms with Gasteiger partial charge in [0.25, 0.3) is 0 Å². The molecule has 6 heteroatoms. The number of aryl methyl sites for hydroxylation is 1. The molecule has 0 unspecified atom stereocenters. The van der Waals surface area contributed by atoms with Crippen molar-refractivity contribution in [1.82, 2.24) is 9.80 Å². The molecule has 1 fully saturated rings. The number of anilines is 1. The summed E-state index contributed by atoms with van der Waals surface area (Å²) in [4.78, 5) is 30.3. The van der Waals surface area contributed by atoms with Gasteiger partial charge < -0.3 is 14.7 Å². The Morgan fingerprint density at radius 3 is 2.41 bits per heavy atom. The predicted molar refractivity (Wildman–Crippen MR) is 112 cm³/mol. The summed E-state index contributed by atoms with van der Waals surface area (Å²) in [6.45, 7) is 6.68. The highest BCUT2D eigenvalue weighted by Gasteiger charge is 2.24. The van der Waals surface area contributed by atoms with Crippen molar-refractivity contribution in [1.29, 1.82) is 0 Å². The SMILES string of the molecule is CC(=O)N(CCc1ccccc1F)CC(=O)N1CCN(c2cccc(C)c2)CC1. The topological polar surface area (TPSA) is 43.9 Å². The standard InChI is InChI=1S/C23H28FN3O2/c1-18-6-5-8-21(16-18)25-12-14-26(15-13-25)23(29)17-27(19(2)28)11-10-20-7-3-4-9-22(20)24/h3-9,16H,10-15,17H2,1-2H3. The zero-order chi connectivity index (χ0) is 20.8. The van der Waals surface area contributed by atoms with Gasteiger partial charge in [-0.15, -0.1) is 0 Å². The summed E-state index contributed by atoms with van der Waals surface area (Å²) in [5.41, 5.74) is 2.94. The van der Waals surface area contributed by atoms with Crippen molar-refractivity contribution in [3.05, 3.63) is 65.5 Å². The average Bonchev–Trinajstić information content (AvgIpc) is 2.72. The van der Waals surface area contributed by atoms with Gasteiger partial charge in [-0.25, -0.2) is 4.39 Å². The Morgan fingerprint density at radius 1 is 1.03 bits per heavy atom. The molecule has 0 aromatic heterocycles. The Labute approximate surface area is 171 Å². The number of halogens is 1. The maximum absolute atomic E-state index is 13.8. The molecular weight excluding hydrogens is 369 g/mol. The van der Waals surface area contributed by atoms with Gasteiger partial charge in [-0.2, -0.15) is 0 Å². The molecule has 3 rings (SSSR count). The van der Waals surface area contributed by atoms with E-state index in [2.05, 4.69) is 30.0 Å². The molecule has 2 aromatic carbocycles. The van der Waals surface area contributed by atoms with Gasteiger partial charge in [0.15, 0.2) is 0 Å². The molecule has 0 radical (unpaired) electrons. The van der Waals surface area contributed by atoms with Gasteiger partial charge in [-0.05, 0) is 42.7 Å². The zero-order valence-corrected chi connectivity index (χ0v) is 17.1. The second-order valence-corrected chi connectivity index (χ2v) is 7.49. The van der Waals surface area contributed by atoms with Crippen LogP contribution in [-0.2, 0) is 16.0 Å². The first-order valence-electron chi connectivity index (χ1n) is 10.0. The van der Waals surface area contributed by atoms with Crippen molar-refractivity contribution in [2.75, 3.05) is 44.2 Å². The summed E-state index contributed by atoms with van der Waals surface area (Å²) in [6, 6.07) is 14.9. The zero-order valence-electron chi connectivity index (χ0n) is 17.1. The first-order chi connectivity index (χ1) is 13.9. The summed E-state index contributed by atoms with van der Waals surface area (Å²) in [5, 5.41) is 0. The van der Waals surface area contributed by atoms with Crippen LogP contribution in [0.5, 0.6) is 0 Å². The largest absolute Gasteiger partial charge is 0.368 e. The maximum Gasteiger partial charge on any atom is 0.242 e. The van der Waals surface area contributed by atoms with Crippen molar-refractivity contribution >= 4 is 17.5 Å². The third-order valence-corrected chi connectivity index (χ3v) is 5.38. The Bertz CT molecular complexity index is 863. The van der Waals surface area contributed by atoms with Crippen molar-refractivity contribution < 1.29 is 14.0 Å². The highest BCUT2D eigenvalue weighted by Crippen LogP contribution is 2.18. The molecule has 1 aliphatic heterocycles. The molecule has 2 aromatic rings. The minimum atomic E-state index is -0.283. The second-order valence-electron chi connectivity index (χ2n) is 7.49. The first kappa shape index (κ1) is 20.8. The Hall–Kier alpha value is -2.89. The van der Waals surface area contributed by atoms with Gasteiger partial charge >= 0.3 is 0 Å². The van der Waals surface area contributed by atoms with Crippen molar-refractivity contribution in [2.24, 2.45) is 0 Å². The number of amides is 2. The molecule has 2 amide bonds. The van der Waals surface area contributed by atoms with Gasteiger partial charge in [-0.1, -0.05) is 30.3 Å². The van der Waals surface area contributed by atoms with Crippen LogP contribution in [-0.4, -0.2) is 60.9 Å². The van der Waals surface area contributed by atoms with Gasteiger partial charge in [0, 0.05) is 45.3 Å². The molecule has 0 bridgehead atoms. The number of carbonyl (C=O) groups is 2. The number of piperazine rings is 1. The fraction of sp³-hybridized carbons (Fsp3) is 0.391. The Morgan fingerprint density at radius 2 is 1.76 bits per heavy atom. The molecule has 1 heterocycles. The predicted octanol–water partition coefficient (Wildman–Crippen LogP) is 2.87. The highest BCUT2D eigenvalue weighted by atomic mass is 19.1. The van der Waals surface area contributed by atoms with Crippen molar-refractivity contribution in [3.63, 3.8) is 0 Å². The molecular formula is C23H28FN3O2. The number of rotatable bonds is 6. The number of hydrogen-bond donors (Lipinski definition) is 0. The number of benzene rings is 2. The highest BCUT2D eigenvalue weighted by molar-refractivity contribution is 5.84. The number of nitrogens with zero attached hydrogens (tertiary/aromatic N) is 3. The number of hydrogen-bond acceptors (Lipinski definition) is 3. The lowest BCUT2D eigenvalue weighted by molar-refractivity contribution is -0.139. The van der Waals surface area contributed by atoms with E-state index < -0.39 is 0 Å². The lowest BCUT2D eigenvalue weighted by Crippen LogP contribution is -2.52. The first-order valence-corrected chi connectivity index (χ1v) is 10.0. The summed E-state index contributed by atoms with van der Waals surface area (Å²) in [7, 11) is 0. The summed E-state index contributed by atoms with van der Waals surface area (Å²) < 4.78 is 13.8. The minimum absolute atomic E-state index is 0.0359. The fourth-order valence-corrected chi connectivity index (χ4v) is 3.61. The van der Waals surface area contributed by atoms with E-state index in [1.54, 1.807) is 18.2 Å². The van der Waals surface area contributed by atoms with Crippen LogP contribution in [0.3, 0.4) is 0 Å².